The van der Waals surface area contributed by atoms with Gasteiger partial charge in [-0.15, -0.1) is 0 Å². The van der Waals surface area contributed by atoms with E-state index in [0.717, 1.165) is 65.1 Å². The zero-order valence-corrected chi connectivity index (χ0v) is 36.4. The molecule has 2 saturated heterocycles. The molecule has 6 aromatic carbocycles. The Morgan fingerprint density at radius 3 is 1.58 bits per heavy atom. The van der Waals surface area contributed by atoms with Crippen LogP contribution in [0.4, 0.5) is 5.82 Å². The zero-order chi connectivity index (χ0) is 44.4. The maximum Gasteiger partial charge on any atom is 0.167 e. The summed E-state index contributed by atoms with van der Waals surface area (Å²) in [6, 6.07) is 55.9. The molecule has 8 aromatic rings. The second-order valence-electron chi connectivity index (χ2n) is 16.8. The number of anilines is 1. The molecule has 2 fully saturated rings. The molecule has 11 heteroatoms. The Morgan fingerprint density at radius 1 is 0.615 bits per heavy atom. The van der Waals surface area contributed by atoms with Crippen molar-refractivity contribution >= 4 is 17.0 Å². The highest BCUT2D eigenvalue weighted by molar-refractivity contribution is 5.84. The summed E-state index contributed by atoms with van der Waals surface area (Å²) >= 11 is 0. The van der Waals surface area contributed by atoms with Crippen LogP contribution in [0.1, 0.15) is 52.5 Å². The minimum Gasteiger partial charge on any atom is -0.497 e. The van der Waals surface area contributed by atoms with Crippen molar-refractivity contribution in [1.82, 2.24) is 24.4 Å². The highest BCUT2D eigenvalue weighted by Crippen LogP contribution is 2.49. The van der Waals surface area contributed by atoms with Gasteiger partial charge in [0.05, 0.1) is 32.0 Å². The van der Waals surface area contributed by atoms with Gasteiger partial charge < -0.3 is 29.7 Å². The average Bonchev–Trinajstić information content (AvgIpc) is 4.15. The number of imidazole rings is 1. The van der Waals surface area contributed by atoms with Crippen molar-refractivity contribution in [2.24, 2.45) is 0 Å². The number of aliphatic hydroxyl groups is 2. The van der Waals surface area contributed by atoms with Crippen molar-refractivity contribution in [3.63, 3.8) is 0 Å². The minimum atomic E-state index is -1.27. The Kier molecular flexibility index (Phi) is 11.6. The van der Waals surface area contributed by atoms with Gasteiger partial charge in [0, 0.05) is 0 Å². The fourth-order valence-corrected chi connectivity index (χ4v) is 10.4. The maximum absolute atomic E-state index is 13.3. The number of ether oxygens (including phenoxy) is 3. The predicted molar refractivity (Wildman–Crippen MR) is 251 cm³/mol. The van der Waals surface area contributed by atoms with Crippen molar-refractivity contribution in [2.45, 2.75) is 54.4 Å². The van der Waals surface area contributed by atoms with Gasteiger partial charge in [-0.3, -0.25) is 9.47 Å². The summed E-state index contributed by atoms with van der Waals surface area (Å²) in [5, 5.41) is 30.0. The van der Waals surface area contributed by atoms with Crippen LogP contribution in [0.15, 0.2) is 183 Å². The van der Waals surface area contributed by atoms with Gasteiger partial charge in [-0.05, 0) is 83.6 Å². The number of likely N-dealkylation sites (tertiary alicyclic amines) is 1. The van der Waals surface area contributed by atoms with Crippen LogP contribution in [0.25, 0.3) is 11.2 Å². The van der Waals surface area contributed by atoms with Crippen LogP contribution in [0.2, 0.25) is 0 Å². The molecule has 2 aliphatic heterocycles. The second-order valence-corrected chi connectivity index (χ2v) is 16.8. The lowest BCUT2D eigenvalue weighted by atomic mass is 9.64. The van der Waals surface area contributed by atoms with Crippen molar-refractivity contribution in [2.75, 3.05) is 32.6 Å². The van der Waals surface area contributed by atoms with Gasteiger partial charge in [-0.2, -0.15) is 0 Å². The third-order valence-corrected chi connectivity index (χ3v) is 13.5. The molecule has 0 amide bonds. The summed E-state index contributed by atoms with van der Waals surface area (Å²) in [7, 11) is 3.30. The molecular formula is C54H52N6O5. The molecule has 2 unspecified atom stereocenters. The highest BCUT2D eigenvalue weighted by atomic mass is 16.5. The summed E-state index contributed by atoms with van der Waals surface area (Å²) < 4.78 is 20.2. The SMILES string of the molecule is COc1ccc(C(Nc2ncnc3c2ncn3[C@@H]2O[C@H](C(O)C(c3ccccc3)(c3ccccc3)c3ccc(OC)cc3)[C@@H](O)C2N2CCCC2)(c2ccccc2)c2ccccc2)cc1. The van der Waals surface area contributed by atoms with Crippen LogP contribution in [-0.2, 0) is 15.7 Å². The first-order chi connectivity index (χ1) is 32.0. The number of hydrogen-bond acceptors (Lipinski definition) is 10. The molecule has 4 heterocycles. The van der Waals surface area contributed by atoms with Gasteiger partial charge >= 0.3 is 0 Å². The quantitative estimate of drug-likeness (QED) is 0.0919. The number of nitrogens with one attached hydrogen (secondary N) is 1. The molecule has 2 aliphatic rings. The Balaban J connectivity index is 1.10. The highest BCUT2D eigenvalue weighted by Gasteiger charge is 2.57. The molecule has 0 saturated carbocycles. The van der Waals surface area contributed by atoms with Crippen LogP contribution in [-0.4, -0.2) is 86.3 Å². The van der Waals surface area contributed by atoms with Crippen molar-refractivity contribution in [3.8, 4) is 11.5 Å². The molecule has 3 N–H and O–H groups in total. The molecule has 0 bridgehead atoms. The number of rotatable bonds is 14. The molecule has 11 nitrogen and oxygen atoms in total. The van der Waals surface area contributed by atoms with E-state index in [1.54, 1.807) is 26.9 Å². The topological polar surface area (TPSA) is 127 Å². The summed E-state index contributed by atoms with van der Waals surface area (Å²) in [6.07, 6.45) is 1.04. The number of aromatic nitrogens is 4. The molecular weight excluding hydrogens is 813 g/mol. The first-order valence-electron chi connectivity index (χ1n) is 22.2. The van der Waals surface area contributed by atoms with Gasteiger partial charge in [-0.1, -0.05) is 146 Å². The zero-order valence-electron chi connectivity index (χ0n) is 36.4. The summed E-state index contributed by atoms with van der Waals surface area (Å²) in [4.78, 5) is 17.0. The molecule has 0 spiro atoms. The normalized spacial score (nSPS) is 19.6. The van der Waals surface area contributed by atoms with Gasteiger partial charge in [0.2, 0.25) is 0 Å². The number of aliphatic hydroxyl groups excluding tert-OH is 2. The molecule has 2 aromatic heterocycles. The Hall–Kier alpha value is -6.89. The van der Waals surface area contributed by atoms with Crippen LogP contribution >= 0.6 is 0 Å². The summed E-state index contributed by atoms with van der Waals surface area (Å²) in [5.74, 6) is 1.95. The Morgan fingerprint density at radius 2 is 1.08 bits per heavy atom. The standard InChI is InChI=1S/C54H52N6O5/c1-63-43-29-25-39(26-30-43)53(37-17-7-3-8-18-37,38-19-9-4-10-20-38)49(62)48-47(61)46(59-33-15-16-34-59)52(65-48)60-36-57-45-50(55-35-56-51(45)60)58-54(40-21-11-5-12-22-40,41-23-13-6-14-24-41)42-27-31-44(64-2)32-28-42/h3-14,17-32,35-36,46-49,52,61-62H,15-16,33-34H2,1-2H3,(H,55,56,58)/t46?,47-,48-,49?,52+/m0/s1. The van der Waals surface area contributed by atoms with Gasteiger partial charge in [0.15, 0.2) is 23.2 Å². The average molecular weight is 865 g/mol. The maximum atomic E-state index is 13.3. The molecule has 65 heavy (non-hydrogen) atoms. The largest absolute Gasteiger partial charge is 0.497 e. The van der Waals surface area contributed by atoms with Crippen LogP contribution in [0, 0.1) is 0 Å². The molecule has 10 rings (SSSR count). The number of nitrogens with zero attached hydrogens (tertiary/aromatic N) is 5. The summed E-state index contributed by atoms with van der Waals surface area (Å²) in [6.45, 7) is 1.55. The van der Waals surface area contributed by atoms with E-state index in [9.17, 15) is 10.2 Å². The van der Waals surface area contributed by atoms with E-state index < -0.39 is 41.5 Å². The van der Waals surface area contributed by atoms with Crippen molar-refractivity contribution < 1.29 is 24.4 Å². The first kappa shape index (κ1) is 42.1. The van der Waals surface area contributed by atoms with Gasteiger partial charge in [-0.25, -0.2) is 15.0 Å². The summed E-state index contributed by atoms with van der Waals surface area (Å²) in [5.41, 5.74) is 4.45. The lowest BCUT2D eigenvalue weighted by Crippen LogP contribution is -2.54. The van der Waals surface area contributed by atoms with Gasteiger partial charge in [0.25, 0.3) is 0 Å². The molecule has 0 aliphatic carbocycles. The van der Waals surface area contributed by atoms with E-state index in [1.807, 2.05) is 138 Å². The van der Waals surface area contributed by atoms with E-state index in [-0.39, 0.29) is 0 Å². The van der Waals surface area contributed by atoms with Crippen LogP contribution in [0.3, 0.4) is 0 Å². The van der Waals surface area contributed by atoms with E-state index >= 15 is 0 Å². The third kappa shape index (κ3) is 7.30. The van der Waals surface area contributed by atoms with Crippen molar-refractivity contribution in [3.05, 3.63) is 216 Å². The van der Waals surface area contributed by atoms with E-state index in [1.165, 1.54) is 0 Å². The van der Waals surface area contributed by atoms with Gasteiger partial charge in [0.1, 0.15) is 41.7 Å². The van der Waals surface area contributed by atoms with E-state index in [0.29, 0.717) is 22.7 Å². The van der Waals surface area contributed by atoms with Crippen LogP contribution in [0.5, 0.6) is 11.5 Å². The van der Waals surface area contributed by atoms with Crippen molar-refractivity contribution in [1.29, 1.82) is 0 Å². The number of benzene rings is 6. The monoisotopic (exact) mass is 864 g/mol. The molecule has 0 radical (unpaired) electrons. The second kappa shape index (κ2) is 17.9. The van der Waals surface area contributed by atoms with Crippen LogP contribution < -0.4 is 14.8 Å². The first-order valence-corrected chi connectivity index (χ1v) is 22.2. The third-order valence-electron chi connectivity index (χ3n) is 13.5. The smallest absolute Gasteiger partial charge is 0.167 e. The number of methoxy groups -OCH3 is 2. The van der Waals surface area contributed by atoms with E-state index in [4.69, 9.17) is 29.2 Å². The lowest BCUT2D eigenvalue weighted by molar-refractivity contribution is -0.0966. The Bertz CT molecular complexity index is 2730. The van der Waals surface area contributed by atoms with E-state index in [2.05, 4.69) is 46.6 Å². The molecule has 328 valence electrons. The number of hydrogen-bond donors (Lipinski definition) is 3. The predicted octanol–water partition coefficient (Wildman–Crippen LogP) is 8.37. The fraction of sp³-hybridized carbons (Fsp3) is 0.241. The minimum absolute atomic E-state index is 0.511. The Labute approximate surface area is 379 Å². The fourth-order valence-electron chi connectivity index (χ4n) is 10.4. The molecule has 5 atom stereocenters. The lowest BCUT2D eigenvalue weighted by Gasteiger charge is -2.43. The number of fused-ring (bicyclic) bond motifs is 1.